The molecule has 2 N–H and O–H groups in total. The topological polar surface area (TPSA) is 58.9 Å². The van der Waals surface area contributed by atoms with Crippen molar-refractivity contribution in [2.75, 3.05) is 19.8 Å². The van der Waals surface area contributed by atoms with E-state index in [-0.39, 0.29) is 10.8 Å². The number of ether oxygens (including phenoxy) is 2. The van der Waals surface area contributed by atoms with Gasteiger partial charge in [0.15, 0.2) is 0 Å². The average molecular weight is 635 g/mol. The van der Waals surface area contributed by atoms with Crippen molar-refractivity contribution >= 4 is 0 Å². The zero-order chi connectivity index (χ0) is 33.9. The summed E-state index contributed by atoms with van der Waals surface area (Å²) in [5, 5.41) is 23.4. The average Bonchev–Trinajstić information content (AvgIpc) is 3.07. The second-order valence-corrected chi connectivity index (χ2v) is 14.1. The molecule has 0 heterocycles. The standard InChI is InChI=1S/C43H54O4/c1-7-42(3,4)38-27-34(21-15-23-46-30-32-17-11-9-12-18-32)25-36(40(38)44)29-37-26-35(28-39(41(37)45)43(5,6)8-2)22-16-24-47-31-33-19-13-10-14-20-33/h9-13,17-19,25-28,44-45H,7-8,15-16,21-24,29-31H2,1-6H3. The van der Waals surface area contributed by atoms with Crippen LogP contribution in [0.4, 0.5) is 0 Å². The van der Waals surface area contributed by atoms with Crippen LogP contribution < -0.4 is 0 Å². The molecule has 0 unspecified atom stereocenters. The van der Waals surface area contributed by atoms with Crippen molar-refractivity contribution in [2.24, 2.45) is 0 Å². The van der Waals surface area contributed by atoms with Gasteiger partial charge in [-0.2, -0.15) is 0 Å². The number of hydrogen-bond donors (Lipinski definition) is 2. The SMILES string of the molecule is CCC(C)(C)c1cc(CCCOCC2=C=C=CC=C2)cc(Cc2cc(CCCOCc3ccccc3)cc(C(C)(C)CC)c2O)c1O. The highest BCUT2D eigenvalue weighted by molar-refractivity contribution is 5.53. The van der Waals surface area contributed by atoms with Gasteiger partial charge in [-0.1, -0.05) is 114 Å². The molecule has 0 spiro atoms. The highest BCUT2D eigenvalue weighted by atomic mass is 16.5. The maximum absolute atomic E-state index is 11.7. The summed E-state index contributed by atoms with van der Waals surface area (Å²) in [5.41, 5.74) is 13.9. The molecule has 0 aromatic heterocycles. The van der Waals surface area contributed by atoms with Crippen molar-refractivity contribution in [1.82, 2.24) is 0 Å². The van der Waals surface area contributed by atoms with E-state index >= 15 is 0 Å². The van der Waals surface area contributed by atoms with Gasteiger partial charge in [0.2, 0.25) is 0 Å². The Labute approximate surface area is 283 Å². The maximum atomic E-state index is 11.7. The minimum atomic E-state index is -0.190. The van der Waals surface area contributed by atoms with Gasteiger partial charge in [0.25, 0.3) is 0 Å². The van der Waals surface area contributed by atoms with Crippen LogP contribution in [0.1, 0.15) is 106 Å². The van der Waals surface area contributed by atoms with E-state index in [0.29, 0.717) is 44.3 Å². The number of allylic oxidation sites excluding steroid dienone is 2. The van der Waals surface area contributed by atoms with Crippen LogP contribution in [0, 0.1) is 0 Å². The molecule has 250 valence electrons. The molecule has 47 heavy (non-hydrogen) atoms. The summed E-state index contributed by atoms with van der Waals surface area (Å²) in [5.74, 6) is 0.675. The van der Waals surface area contributed by atoms with E-state index in [9.17, 15) is 10.2 Å². The smallest absolute Gasteiger partial charge is 0.122 e. The first kappa shape index (κ1) is 36.1. The molecular formula is C43H54O4. The highest BCUT2D eigenvalue weighted by Gasteiger charge is 2.27. The molecule has 3 aromatic carbocycles. The van der Waals surface area contributed by atoms with E-state index < -0.39 is 0 Å². The lowest BCUT2D eigenvalue weighted by atomic mass is 9.78. The molecule has 0 saturated carbocycles. The van der Waals surface area contributed by atoms with Gasteiger partial charge in [-0.25, -0.2) is 0 Å². The Morgan fingerprint density at radius 3 is 1.70 bits per heavy atom. The van der Waals surface area contributed by atoms with Gasteiger partial charge in [-0.05, 0) is 89.3 Å². The van der Waals surface area contributed by atoms with Crippen molar-refractivity contribution in [3.63, 3.8) is 0 Å². The summed E-state index contributed by atoms with van der Waals surface area (Å²) >= 11 is 0. The van der Waals surface area contributed by atoms with Gasteiger partial charge in [-0.3, -0.25) is 0 Å². The van der Waals surface area contributed by atoms with Gasteiger partial charge >= 0.3 is 0 Å². The molecule has 3 aromatic rings. The molecular weight excluding hydrogens is 580 g/mol. The number of benzene rings is 3. The molecule has 0 bridgehead atoms. The number of phenolic OH excluding ortho intramolecular Hbond substituents is 2. The van der Waals surface area contributed by atoms with Crippen molar-refractivity contribution in [3.8, 4) is 11.5 Å². The number of aromatic hydroxyl groups is 2. The van der Waals surface area contributed by atoms with Crippen molar-refractivity contribution in [2.45, 2.75) is 104 Å². The summed E-state index contributed by atoms with van der Waals surface area (Å²) in [4.78, 5) is 0. The van der Waals surface area contributed by atoms with Crippen LogP contribution in [0.3, 0.4) is 0 Å². The minimum Gasteiger partial charge on any atom is -0.507 e. The van der Waals surface area contributed by atoms with E-state index in [4.69, 9.17) is 9.47 Å². The van der Waals surface area contributed by atoms with Crippen LogP contribution in [0.5, 0.6) is 11.5 Å². The van der Waals surface area contributed by atoms with Crippen LogP contribution in [0.2, 0.25) is 0 Å². The van der Waals surface area contributed by atoms with E-state index in [2.05, 4.69) is 89.4 Å². The predicted octanol–water partition coefficient (Wildman–Crippen LogP) is 9.97. The third-order valence-electron chi connectivity index (χ3n) is 9.69. The third-order valence-corrected chi connectivity index (χ3v) is 9.69. The molecule has 0 saturated heterocycles. The zero-order valence-corrected chi connectivity index (χ0v) is 29.4. The second-order valence-electron chi connectivity index (χ2n) is 14.1. The normalized spacial score (nSPS) is 12.9. The lowest BCUT2D eigenvalue weighted by Crippen LogP contribution is -2.18. The fourth-order valence-corrected chi connectivity index (χ4v) is 5.87. The molecule has 0 amide bonds. The van der Waals surface area contributed by atoms with E-state index in [1.165, 1.54) is 16.7 Å². The first-order valence-corrected chi connectivity index (χ1v) is 17.3. The minimum absolute atomic E-state index is 0.187. The monoisotopic (exact) mass is 634 g/mol. The molecule has 4 rings (SSSR count). The van der Waals surface area contributed by atoms with Crippen LogP contribution in [0.15, 0.2) is 89.9 Å². The van der Waals surface area contributed by atoms with E-state index in [1.54, 1.807) is 0 Å². The Morgan fingerprint density at radius 1 is 0.681 bits per heavy atom. The van der Waals surface area contributed by atoms with E-state index in [0.717, 1.165) is 66.4 Å². The van der Waals surface area contributed by atoms with Crippen LogP contribution in [-0.4, -0.2) is 30.0 Å². The number of rotatable bonds is 18. The van der Waals surface area contributed by atoms with Gasteiger partial charge in [0.1, 0.15) is 11.5 Å². The Balaban J connectivity index is 1.55. The molecule has 4 nitrogen and oxygen atoms in total. The highest BCUT2D eigenvalue weighted by Crippen LogP contribution is 2.41. The fourth-order valence-electron chi connectivity index (χ4n) is 5.87. The lowest BCUT2D eigenvalue weighted by molar-refractivity contribution is 0.118. The third kappa shape index (κ3) is 10.1. The Kier molecular flexibility index (Phi) is 12.9. The Morgan fingerprint density at radius 2 is 1.21 bits per heavy atom. The number of phenols is 2. The Hall–Kier alpha value is -3.78. The van der Waals surface area contributed by atoms with Crippen LogP contribution >= 0.6 is 0 Å². The number of hydrogen-bond acceptors (Lipinski definition) is 4. The van der Waals surface area contributed by atoms with Gasteiger partial charge in [-0.15, -0.1) is 0 Å². The molecule has 1 aliphatic rings. The maximum Gasteiger partial charge on any atom is 0.122 e. The largest absolute Gasteiger partial charge is 0.507 e. The molecule has 0 aliphatic heterocycles. The quantitative estimate of drug-likeness (QED) is 0.108. The first-order valence-electron chi connectivity index (χ1n) is 17.3. The van der Waals surface area contributed by atoms with Gasteiger partial charge in [0, 0.05) is 36.3 Å². The molecule has 0 fully saturated rings. The fraction of sp³-hybridized carbons (Fsp3) is 0.442. The summed E-state index contributed by atoms with van der Waals surface area (Å²) in [6.45, 7) is 15.5. The molecule has 1 aliphatic carbocycles. The van der Waals surface area contributed by atoms with Crippen molar-refractivity contribution in [1.29, 1.82) is 0 Å². The molecule has 4 heteroatoms. The van der Waals surface area contributed by atoms with Crippen molar-refractivity contribution < 1.29 is 19.7 Å². The van der Waals surface area contributed by atoms with Crippen molar-refractivity contribution in [3.05, 3.63) is 129 Å². The molecule has 0 atom stereocenters. The second kappa shape index (κ2) is 16.9. The number of aryl methyl sites for hydroxylation is 2. The summed E-state index contributed by atoms with van der Waals surface area (Å²) in [6.07, 6.45) is 11.5. The lowest BCUT2D eigenvalue weighted by Gasteiger charge is -2.28. The zero-order valence-electron chi connectivity index (χ0n) is 29.4. The summed E-state index contributed by atoms with van der Waals surface area (Å²) in [7, 11) is 0. The first-order chi connectivity index (χ1) is 22.5. The summed E-state index contributed by atoms with van der Waals surface area (Å²) < 4.78 is 11.9. The predicted molar refractivity (Wildman–Crippen MR) is 193 cm³/mol. The molecule has 0 radical (unpaired) electrons. The van der Waals surface area contributed by atoms with Gasteiger partial charge in [0.05, 0.1) is 13.2 Å². The van der Waals surface area contributed by atoms with E-state index in [1.807, 2.05) is 36.4 Å². The van der Waals surface area contributed by atoms with Crippen LogP contribution in [0.25, 0.3) is 0 Å². The van der Waals surface area contributed by atoms with Gasteiger partial charge < -0.3 is 19.7 Å². The summed E-state index contributed by atoms with van der Waals surface area (Å²) in [6, 6.07) is 18.8. The van der Waals surface area contributed by atoms with Crippen LogP contribution in [-0.2, 0) is 46.2 Å². The Bertz CT molecular complexity index is 1610.